The lowest BCUT2D eigenvalue weighted by Gasteiger charge is -2.17. The lowest BCUT2D eigenvalue weighted by Crippen LogP contribution is -2.13. The number of cyclic esters (lactones) is 1. The van der Waals surface area contributed by atoms with E-state index < -0.39 is 5.97 Å². The highest BCUT2D eigenvalue weighted by Gasteiger charge is 2.26. The number of benzene rings is 1. The van der Waals surface area contributed by atoms with Gasteiger partial charge in [0.1, 0.15) is 24.5 Å². The van der Waals surface area contributed by atoms with Gasteiger partial charge < -0.3 is 14.8 Å². The number of ether oxygens (including phenoxy) is 2. The minimum atomic E-state index is -0.513. The molecule has 6 rings (SSSR count). The lowest BCUT2D eigenvalue weighted by molar-refractivity contribution is 0.0468. The van der Waals surface area contributed by atoms with Crippen LogP contribution in [0, 0.1) is 12.7 Å². The number of hydrogen-bond donors (Lipinski definition) is 1. The maximum atomic E-state index is 14.5. The van der Waals surface area contributed by atoms with Crippen molar-refractivity contribution < 1.29 is 18.7 Å². The van der Waals surface area contributed by atoms with Gasteiger partial charge in [0.15, 0.2) is 5.69 Å². The molecule has 0 saturated heterocycles. The summed E-state index contributed by atoms with van der Waals surface area (Å²) >= 11 is 0. The number of carbonyl (C=O) groups excluding carboxylic acids is 1. The first-order valence-electron chi connectivity index (χ1n) is 10.3. The zero-order valence-corrected chi connectivity index (χ0v) is 17.2. The Morgan fingerprint density at radius 3 is 2.97 bits per heavy atom. The summed E-state index contributed by atoms with van der Waals surface area (Å²) < 4.78 is 27.2. The molecule has 2 aliphatic rings. The standard InChI is InChI=1S/C23H18FN5O3/c1-12-6-15-13(7-25-12)10-32-22(30)20-21-17(15)9-27-23(29(21)11-28-20)26-8-16-14-4-5-31-19(14)3-2-18(16)24/h2-3,6-7,9,11H,4-5,8,10H2,1H3,(H,26,27). The molecule has 9 heteroatoms. The molecule has 0 spiro atoms. The van der Waals surface area contributed by atoms with E-state index in [1.54, 1.807) is 22.9 Å². The molecule has 160 valence electrons. The van der Waals surface area contributed by atoms with Crippen LogP contribution in [-0.2, 0) is 24.3 Å². The normalized spacial score (nSPS) is 14.2. The number of aromatic nitrogens is 4. The van der Waals surface area contributed by atoms with Crippen molar-refractivity contribution in [2.45, 2.75) is 26.5 Å². The maximum absolute atomic E-state index is 14.5. The molecule has 0 aliphatic carbocycles. The predicted molar refractivity (Wildman–Crippen MR) is 113 cm³/mol. The zero-order valence-electron chi connectivity index (χ0n) is 17.2. The Hall–Kier alpha value is -4.01. The third kappa shape index (κ3) is 2.81. The Bertz CT molecular complexity index is 1410. The van der Waals surface area contributed by atoms with Gasteiger partial charge in [-0.1, -0.05) is 0 Å². The maximum Gasteiger partial charge on any atom is 0.359 e. The minimum Gasteiger partial charge on any atom is -0.493 e. The molecule has 3 aromatic heterocycles. The molecule has 5 heterocycles. The van der Waals surface area contributed by atoms with Crippen molar-refractivity contribution in [3.63, 3.8) is 0 Å². The number of nitrogens with zero attached hydrogens (tertiary/aromatic N) is 4. The van der Waals surface area contributed by atoms with Crippen molar-refractivity contribution in [3.8, 4) is 16.9 Å². The third-order valence-corrected chi connectivity index (χ3v) is 5.90. The van der Waals surface area contributed by atoms with Crippen LogP contribution >= 0.6 is 0 Å². The highest BCUT2D eigenvalue weighted by molar-refractivity contribution is 6.01. The molecule has 0 bridgehead atoms. The van der Waals surface area contributed by atoms with Crippen LogP contribution in [0.1, 0.15) is 32.9 Å². The average molecular weight is 431 g/mol. The van der Waals surface area contributed by atoms with Crippen LogP contribution < -0.4 is 10.1 Å². The molecule has 0 unspecified atom stereocenters. The van der Waals surface area contributed by atoms with Crippen LogP contribution in [0.3, 0.4) is 0 Å². The van der Waals surface area contributed by atoms with Crippen LogP contribution in [0.4, 0.5) is 10.3 Å². The van der Waals surface area contributed by atoms with Crippen molar-refractivity contribution in [1.82, 2.24) is 19.4 Å². The largest absolute Gasteiger partial charge is 0.493 e. The van der Waals surface area contributed by atoms with Gasteiger partial charge in [-0.25, -0.2) is 19.2 Å². The van der Waals surface area contributed by atoms with Crippen molar-refractivity contribution in [3.05, 3.63) is 70.8 Å². The van der Waals surface area contributed by atoms with Crippen LogP contribution in [0.5, 0.6) is 5.75 Å². The molecule has 0 saturated carbocycles. The van der Waals surface area contributed by atoms with Gasteiger partial charge in [-0.3, -0.25) is 9.38 Å². The molecule has 0 atom stereocenters. The number of halogens is 1. The summed E-state index contributed by atoms with van der Waals surface area (Å²) in [5.74, 6) is 0.350. The quantitative estimate of drug-likeness (QED) is 0.497. The Labute approximate surface area is 182 Å². The number of rotatable bonds is 3. The number of fused-ring (bicyclic) bond motifs is 3. The minimum absolute atomic E-state index is 0.111. The van der Waals surface area contributed by atoms with Gasteiger partial charge in [-0.15, -0.1) is 0 Å². The third-order valence-electron chi connectivity index (χ3n) is 5.90. The highest BCUT2D eigenvalue weighted by Crippen LogP contribution is 2.34. The number of esters is 1. The Balaban J connectivity index is 1.46. The second kappa shape index (κ2) is 7.01. The smallest absolute Gasteiger partial charge is 0.359 e. The second-order valence-electron chi connectivity index (χ2n) is 7.82. The lowest BCUT2D eigenvalue weighted by atomic mass is 10.0. The van der Waals surface area contributed by atoms with Gasteiger partial charge >= 0.3 is 5.97 Å². The first-order chi connectivity index (χ1) is 15.6. The predicted octanol–water partition coefficient (Wildman–Crippen LogP) is 3.46. The van der Waals surface area contributed by atoms with Crippen molar-refractivity contribution in [2.24, 2.45) is 0 Å². The number of anilines is 1. The summed E-state index contributed by atoms with van der Waals surface area (Å²) in [6.45, 7) is 2.78. The summed E-state index contributed by atoms with van der Waals surface area (Å²) in [7, 11) is 0. The Kier molecular flexibility index (Phi) is 4.11. The van der Waals surface area contributed by atoms with E-state index in [1.165, 1.54) is 12.4 Å². The fraction of sp³-hybridized carbons (Fsp3) is 0.217. The van der Waals surface area contributed by atoms with E-state index in [0.29, 0.717) is 35.8 Å². The summed E-state index contributed by atoms with van der Waals surface area (Å²) in [6, 6.07) is 5.02. The van der Waals surface area contributed by atoms with Gasteiger partial charge in [-0.2, -0.15) is 0 Å². The summed E-state index contributed by atoms with van der Waals surface area (Å²) in [6.07, 6.45) is 5.60. The fourth-order valence-corrected chi connectivity index (χ4v) is 4.33. The molecule has 32 heavy (non-hydrogen) atoms. The molecule has 2 aliphatic heterocycles. The molecule has 1 aromatic carbocycles. The zero-order chi connectivity index (χ0) is 21.8. The molecule has 4 aromatic rings. The Morgan fingerprint density at radius 1 is 1.16 bits per heavy atom. The first kappa shape index (κ1) is 18.7. The molecule has 1 N–H and O–H groups in total. The van der Waals surface area contributed by atoms with Crippen molar-refractivity contribution in [1.29, 1.82) is 0 Å². The van der Waals surface area contributed by atoms with Gasteiger partial charge in [-0.05, 0) is 30.7 Å². The van der Waals surface area contributed by atoms with Crippen LogP contribution in [0.2, 0.25) is 0 Å². The summed E-state index contributed by atoms with van der Waals surface area (Å²) in [4.78, 5) is 25.8. The molecule has 0 fully saturated rings. The number of carbonyl (C=O) groups is 1. The fourth-order valence-electron chi connectivity index (χ4n) is 4.33. The number of pyridine rings is 1. The van der Waals surface area contributed by atoms with E-state index >= 15 is 0 Å². The second-order valence-corrected chi connectivity index (χ2v) is 7.82. The molecule has 0 radical (unpaired) electrons. The number of imidazole rings is 1. The molecule has 8 nitrogen and oxygen atoms in total. The molecular weight excluding hydrogens is 413 g/mol. The number of hydrogen-bond acceptors (Lipinski definition) is 7. The van der Waals surface area contributed by atoms with Crippen molar-refractivity contribution in [2.75, 3.05) is 11.9 Å². The molecule has 0 amide bonds. The summed E-state index contributed by atoms with van der Waals surface area (Å²) in [5, 5.41) is 3.20. The van der Waals surface area contributed by atoms with Crippen molar-refractivity contribution >= 4 is 17.4 Å². The van der Waals surface area contributed by atoms with E-state index in [4.69, 9.17) is 9.47 Å². The topological polar surface area (TPSA) is 90.6 Å². The van der Waals surface area contributed by atoms with Gasteiger partial charge in [0.05, 0.1) is 12.1 Å². The first-order valence-corrected chi connectivity index (χ1v) is 10.3. The number of aryl methyl sites for hydroxylation is 1. The van der Waals surface area contributed by atoms with E-state index in [9.17, 15) is 9.18 Å². The van der Waals surface area contributed by atoms with Gasteiger partial charge in [0.2, 0.25) is 5.95 Å². The average Bonchev–Trinajstić information content (AvgIpc) is 3.44. The van der Waals surface area contributed by atoms with E-state index in [2.05, 4.69) is 20.3 Å². The molecular formula is C23H18FN5O3. The monoisotopic (exact) mass is 431 g/mol. The Morgan fingerprint density at radius 2 is 2.06 bits per heavy atom. The summed E-state index contributed by atoms with van der Waals surface area (Å²) in [5.41, 5.74) is 5.50. The van der Waals surface area contributed by atoms with Gasteiger partial charge in [0.25, 0.3) is 0 Å². The van der Waals surface area contributed by atoms with Crippen LogP contribution in [0.25, 0.3) is 16.6 Å². The highest BCUT2D eigenvalue weighted by atomic mass is 19.1. The van der Waals surface area contributed by atoms with Crippen LogP contribution in [0.15, 0.2) is 36.9 Å². The number of nitrogens with one attached hydrogen (secondary N) is 1. The van der Waals surface area contributed by atoms with E-state index in [1.807, 2.05) is 13.0 Å². The van der Waals surface area contributed by atoms with Crippen LogP contribution in [-0.4, -0.2) is 31.9 Å². The van der Waals surface area contributed by atoms with E-state index in [0.717, 1.165) is 27.9 Å². The van der Waals surface area contributed by atoms with E-state index in [-0.39, 0.29) is 24.7 Å². The van der Waals surface area contributed by atoms with Gasteiger partial charge in [0, 0.05) is 53.3 Å². The SMILES string of the molecule is Cc1cc2c(cn1)COC(=O)c1ncn3c(NCc4c(F)ccc5c4CCO5)ncc-2c13.